The highest BCUT2D eigenvalue weighted by atomic mass is 16.3. The molecule has 4 aliphatic carbocycles. The SMILES string of the molecule is O=C(Cc1ccccc1)C1(O)C2CC3CC(C2)CC1C3. The number of rotatable bonds is 3. The van der Waals surface area contributed by atoms with Gasteiger partial charge in [-0.15, -0.1) is 0 Å². The van der Waals surface area contributed by atoms with Crippen molar-refractivity contribution in [3.63, 3.8) is 0 Å². The van der Waals surface area contributed by atoms with E-state index in [1.165, 1.54) is 6.42 Å². The maximum atomic E-state index is 12.8. The molecule has 0 heterocycles. The van der Waals surface area contributed by atoms with Gasteiger partial charge in [0.1, 0.15) is 5.60 Å². The summed E-state index contributed by atoms with van der Waals surface area (Å²) in [7, 11) is 0. The first-order valence-corrected chi connectivity index (χ1v) is 7.96. The number of aliphatic hydroxyl groups is 1. The summed E-state index contributed by atoms with van der Waals surface area (Å²) in [5, 5.41) is 11.2. The molecule has 4 fully saturated rings. The molecule has 0 atom stereocenters. The molecule has 20 heavy (non-hydrogen) atoms. The average Bonchev–Trinajstić information content (AvgIpc) is 2.44. The van der Waals surface area contributed by atoms with Crippen LogP contribution in [0.1, 0.15) is 37.7 Å². The number of ketones is 1. The Morgan fingerprint density at radius 1 is 1.00 bits per heavy atom. The van der Waals surface area contributed by atoms with Gasteiger partial charge in [-0.25, -0.2) is 0 Å². The predicted molar refractivity (Wildman–Crippen MR) is 77.1 cm³/mol. The zero-order chi connectivity index (χ0) is 13.7. The fourth-order valence-electron chi connectivity index (χ4n) is 5.28. The molecule has 5 rings (SSSR count). The van der Waals surface area contributed by atoms with E-state index in [2.05, 4.69) is 0 Å². The highest BCUT2D eigenvalue weighted by Crippen LogP contribution is 2.58. The normalized spacial score (nSPS) is 41.9. The lowest BCUT2D eigenvalue weighted by Gasteiger charge is -2.58. The lowest BCUT2D eigenvalue weighted by Crippen LogP contribution is -2.62. The smallest absolute Gasteiger partial charge is 0.169 e. The van der Waals surface area contributed by atoms with E-state index in [-0.39, 0.29) is 17.6 Å². The monoisotopic (exact) mass is 270 g/mol. The van der Waals surface area contributed by atoms with Gasteiger partial charge in [0.25, 0.3) is 0 Å². The van der Waals surface area contributed by atoms with Crippen LogP contribution in [-0.4, -0.2) is 16.5 Å². The minimum atomic E-state index is -1.02. The summed E-state index contributed by atoms with van der Waals surface area (Å²) < 4.78 is 0. The molecule has 0 spiro atoms. The molecule has 4 bridgehead atoms. The Bertz CT molecular complexity index is 491. The van der Waals surface area contributed by atoms with Crippen LogP contribution in [0.15, 0.2) is 30.3 Å². The summed E-state index contributed by atoms with van der Waals surface area (Å²) in [5.41, 5.74) is 0.00299. The molecule has 1 aromatic rings. The molecule has 0 radical (unpaired) electrons. The highest BCUT2D eigenvalue weighted by molar-refractivity contribution is 5.90. The Balaban J connectivity index is 1.59. The zero-order valence-electron chi connectivity index (χ0n) is 11.8. The predicted octanol–water partition coefficient (Wildman–Crippen LogP) is 2.99. The van der Waals surface area contributed by atoms with Crippen LogP contribution in [0, 0.1) is 23.7 Å². The van der Waals surface area contributed by atoms with E-state index < -0.39 is 5.60 Å². The van der Waals surface area contributed by atoms with Gasteiger partial charge in [-0.1, -0.05) is 30.3 Å². The fourth-order valence-corrected chi connectivity index (χ4v) is 5.28. The van der Waals surface area contributed by atoms with E-state index in [1.807, 2.05) is 30.3 Å². The van der Waals surface area contributed by atoms with Crippen LogP contribution in [0.25, 0.3) is 0 Å². The van der Waals surface area contributed by atoms with Crippen molar-refractivity contribution in [3.8, 4) is 0 Å². The number of carbonyl (C=O) groups is 1. The van der Waals surface area contributed by atoms with Crippen LogP contribution in [0.3, 0.4) is 0 Å². The Morgan fingerprint density at radius 3 is 2.10 bits per heavy atom. The molecular formula is C18H22O2. The van der Waals surface area contributed by atoms with Gasteiger partial charge in [-0.05, 0) is 61.3 Å². The van der Waals surface area contributed by atoms with Gasteiger partial charge >= 0.3 is 0 Å². The van der Waals surface area contributed by atoms with E-state index in [0.29, 0.717) is 6.42 Å². The van der Waals surface area contributed by atoms with Crippen molar-refractivity contribution in [2.75, 3.05) is 0 Å². The van der Waals surface area contributed by atoms with Crippen molar-refractivity contribution >= 4 is 5.78 Å². The first-order valence-electron chi connectivity index (χ1n) is 7.96. The lowest BCUT2D eigenvalue weighted by atomic mass is 9.48. The molecule has 1 N–H and O–H groups in total. The van der Waals surface area contributed by atoms with Crippen LogP contribution in [0.2, 0.25) is 0 Å². The summed E-state index contributed by atoms with van der Waals surface area (Å²) in [5.74, 6) is 2.09. The van der Waals surface area contributed by atoms with Crippen LogP contribution < -0.4 is 0 Å². The van der Waals surface area contributed by atoms with Gasteiger partial charge in [0, 0.05) is 6.42 Å². The quantitative estimate of drug-likeness (QED) is 0.917. The van der Waals surface area contributed by atoms with Gasteiger partial charge in [0.2, 0.25) is 0 Å². The fraction of sp³-hybridized carbons (Fsp3) is 0.611. The van der Waals surface area contributed by atoms with Crippen molar-refractivity contribution in [1.82, 2.24) is 0 Å². The number of hydrogen-bond acceptors (Lipinski definition) is 2. The second-order valence-corrected chi connectivity index (χ2v) is 7.22. The molecule has 1 aromatic carbocycles. The number of benzene rings is 1. The van der Waals surface area contributed by atoms with Crippen molar-refractivity contribution < 1.29 is 9.90 Å². The Hall–Kier alpha value is -1.15. The molecule has 0 aromatic heterocycles. The minimum Gasteiger partial charge on any atom is -0.381 e. The molecule has 0 unspecified atom stereocenters. The Labute approximate surface area is 120 Å². The molecule has 0 amide bonds. The van der Waals surface area contributed by atoms with Crippen LogP contribution in [-0.2, 0) is 11.2 Å². The standard InChI is InChI=1S/C18H22O2/c19-17(11-12-4-2-1-3-5-12)18(20)15-7-13-6-14(9-15)10-16(18)8-13/h1-5,13-16,20H,6-11H2. The third-order valence-electron chi connectivity index (χ3n) is 6.04. The largest absolute Gasteiger partial charge is 0.381 e. The summed E-state index contributed by atoms with van der Waals surface area (Å²) in [6.45, 7) is 0. The van der Waals surface area contributed by atoms with Gasteiger partial charge < -0.3 is 5.11 Å². The van der Waals surface area contributed by atoms with Gasteiger partial charge in [-0.3, -0.25) is 4.79 Å². The van der Waals surface area contributed by atoms with Crippen LogP contribution in [0.4, 0.5) is 0 Å². The first kappa shape index (κ1) is 12.6. The lowest BCUT2D eigenvalue weighted by molar-refractivity contribution is -0.185. The number of Topliss-reactive ketones (excluding diaryl/α,β-unsaturated/α-hetero) is 1. The van der Waals surface area contributed by atoms with Crippen molar-refractivity contribution in [1.29, 1.82) is 0 Å². The van der Waals surface area contributed by atoms with Crippen LogP contribution >= 0.6 is 0 Å². The summed E-state index contributed by atoms with van der Waals surface area (Å²) in [6.07, 6.45) is 6.03. The Morgan fingerprint density at radius 2 is 1.55 bits per heavy atom. The average molecular weight is 270 g/mol. The van der Waals surface area contributed by atoms with E-state index >= 15 is 0 Å². The minimum absolute atomic E-state index is 0.0671. The molecule has 0 saturated heterocycles. The van der Waals surface area contributed by atoms with Crippen LogP contribution in [0.5, 0.6) is 0 Å². The maximum absolute atomic E-state index is 12.8. The molecule has 2 heteroatoms. The number of hydrogen-bond donors (Lipinski definition) is 1. The second kappa shape index (κ2) is 4.42. The molecular weight excluding hydrogens is 248 g/mol. The molecule has 4 saturated carbocycles. The first-order chi connectivity index (χ1) is 9.66. The Kier molecular flexibility index (Phi) is 2.78. The van der Waals surface area contributed by atoms with Crippen molar-refractivity contribution in [2.45, 2.75) is 44.1 Å². The molecule has 106 valence electrons. The van der Waals surface area contributed by atoms with Crippen molar-refractivity contribution in [3.05, 3.63) is 35.9 Å². The molecule has 0 aliphatic heterocycles. The van der Waals surface area contributed by atoms with Gasteiger partial charge in [0.05, 0.1) is 0 Å². The van der Waals surface area contributed by atoms with E-state index in [4.69, 9.17) is 0 Å². The van der Waals surface area contributed by atoms with E-state index in [9.17, 15) is 9.90 Å². The molecule has 2 nitrogen and oxygen atoms in total. The summed E-state index contributed by atoms with van der Waals surface area (Å²) in [4.78, 5) is 12.8. The van der Waals surface area contributed by atoms with Crippen molar-refractivity contribution in [2.24, 2.45) is 23.7 Å². The maximum Gasteiger partial charge on any atom is 0.169 e. The molecule has 4 aliphatic rings. The highest BCUT2D eigenvalue weighted by Gasteiger charge is 2.59. The summed E-state index contributed by atoms with van der Waals surface area (Å²) in [6, 6.07) is 9.85. The van der Waals surface area contributed by atoms with E-state index in [0.717, 1.165) is 43.1 Å². The number of carbonyl (C=O) groups excluding carboxylic acids is 1. The van der Waals surface area contributed by atoms with Gasteiger partial charge in [-0.2, -0.15) is 0 Å². The zero-order valence-corrected chi connectivity index (χ0v) is 11.8. The third kappa shape index (κ3) is 1.77. The van der Waals surface area contributed by atoms with E-state index in [1.54, 1.807) is 0 Å². The topological polar surface area (TPSA) is 37.3 Å². The summed E-state index contributed by atoms with van der Waals surface area (Å²) >= 11 is 0. The second-order valence-electron chi connectivity index (χ2n) is 7.22. The van der Waals surface area contributed by atoms with Gasteiger partial charge in [0.15, 0.2) is 5.78 Å². The third-order valence-corrected chi connectivity index (χ3v) is 6.04.